The van der Waals surface area contributed by atoms with E-state index in [1.54, 1.807) is 24.3 Å². The average Bonchev–Trinajstić information content (AvgIpc) is 2.95. The Morgan fingerprint density at radius 1 is 0.579 bits per heavy atom. The van der Waals surface area contributed by atoms with E-state index in [2.05, 4.69) is 20.8 Å². The molecule has 0 N–H and O–H groups in total. The Morgan fingerprint density at radius 3 is 1.42 bits per heavy atom. The minimum Gasteiger partial charge on any atom is -0.289 e. The second-order valence-corrected chi connectivity index (χ2v) is 9.61. The van der Waals surface area contributed by atoms with E-state index in [-0.39, 0.29) is 6.29 Å². The minimum absolute atomic E-state index is 0.0661. The molecule has 0 saturated heterocycles. The van der Waals surface area contributed by atoms with E-state index < -0.39 is 11.9 Å². The van der Waals surface area contributed by atoms with Gasteiger partial charge in [0, 0.05) is 6.42 Å². The van der Waals surface area contributed by atoms with Gasteiger partial charge in [-0.25, -0.2) is 9.59 Å². The molecule has 2 rings (SSSR count). The van der Waals surface area contributed by atoms with E-state index in [0.29, 0.717) is 17.5 Å². The Kier molecular flexibility index (Phi) is 16.1. The Labute approximate surface area is 228 Å². The van der Waals surface area contributed by atoms with Gasteiger partial charge in [-0.1, -0.05) is 96.4 Å². The van der Waals surface area contributed by atoms with Gasteiger partial charge in [-0.15, -0.1) is 9.78 Å². The van der Waals surface area contributed by atoms with Crippen LogP contribution >= 0.6 is 0 Å². The zero-order valence-electron chi connectivity index (χ0n) is 23.2. The largest absolute Gasteiger partial charge is 0.373 e. The van der Waals surface area contributed by atoms with Gasteiger partial charge in [0.25, 0.3) is 0 Å². The maximum atomic E-state index is 12.5. The predicted octanol–water partition coefficient (Wildman–Crippen LogP) is 8.69. The highest BCUT2D eigenvalue weighted by Crippen LogP contribution is 2.20. The molecule has 2 radical (unpaired) electrons. The quantitative estimate of drug-likeness (QED) is 0.0980. The lowest BCUT2D eigenvalue weighted by Crippen LogP contribution is -2.16. The summed E-state index contributed by atoms with van der Waals surface area (Å²) in [6.07, 6.45) is 13.8. The molecular formula is C32H44O6. The standard InChI is InChI=1S/C32H44O6/c1-4-7-10-11-12-13-14-17-30(35-37-31(33)28-22-18-26(19-23-28)15-8-5-2)36-38-32(34)29-24-20-27(21-25-29)16-9-6-3/h18-25H,1,4-17H2,2-3H3. The normalized spacial score (nSPS) is 11.1. The van der Waals surface area contributed by atoms with Gasteiger partial charge in [0.05, 0.1) is 11.1 Å². The molecule has 38 heavy (non-hydrogen) atoms. The molecule has 0 aliphatic carbocycles. The van der Waals surface area contributed by atoms with Crippen LogP contribution in [0, 0.1) is 13.2 Å². The van der Waals surface area contributed by atoms with Gasteiger partial charge in [0.1, 0.15) is 0 Å². The summed E-state index contributed by atoms with van der Waals surface area (Å²) >= 11 is 0. The van der Waals surface area contributed by atoms with Gasteiger partial charge in [-0.2, -0.15) is 0 Å². The molecule has 0 saturated carbocycles. The highest BCUT2D eigenvalue weighted by atomic mass is 17.3. The molecule has 0 atom stereocenters. The van der Waals surface area contributed by atoms with Crippen LogP contribution in [0.2, 0.25) is 0 Å². The van der Waals surface area contributed by atoms with Crippen LogP contribution in [0.25, 0.3) is 0 Å². The van der Waals surface area contributed by atoms with Crippen LogP contribution in [0.3, 0.4) is 0 Å². The minimum atomic E-state index is -0.643. The van der Waals surface area contributed by atoms with Crippen LogP contribution in [0.15, 0.2) is 48.5 Å². The fourth-order valence-electron chi connectivity index (χ4n) is 3.89. The molecule has 2 aromatic carbocycles. The lowest BCUT2D eigenvalue weighted by Gasteiger charge is -2.14. The summed E-state index contributed by atoms with van der Waals surface area (Å²) in [4.78, 5) is 45.4. The van der Waals surface area contributed by atoms with Gasteiger partial charge in [-0.3, -0.25) is 9.78 Å². The summed E-state index contributed by atoms with van der Waals surface area (Å²) < 4.78 is 0. The van der Waals surface area contributed by atoms with Crippen LogP contribution < -0.4 is 0 Å². The third-order valence-electron chi connectivity index (χ3n) is 6.32. The number of carbonyl (C=O) groups excluding carboxylic acids is 2. The number of aryl methyl sites for hydroxylation is 2. The number of hydrogen-bond acceptors (Lipinski definition) is 6. The van der Waals surface area contributed by atoms with Gasteiger partial charge >= 0.3 is 18.2 Å². The van der Waals surface area contributed by atoms with E-state index in [4.69, 9.17) is 19.6 Å². The number of benzene rings is 2. The SMILES string of the molecule is [CH2]CCCCCCCC[C](OOC(=O)c1ccc(CCCC)cc1)OOC(=O)c1ccc(CCCC)cc1. The van der Waals surface area contributed by atoms with Crippen LogP contribution in [-0.2, 0) is 32.4 Å². The molecule has 0 heterocycles. The molecule has 208 valence electrons. The van der Waals surface area contributed by atoms with Crippen LogP contribution in [-0.4, -0.2) is 11.9 Å². The van der Waals surface area contributed by atoms with Crippen molar-refractivity contribution in [3.05, 3.63) is 84.0 Å². The second-order valence-electron chi connectivity index (χ2n) is 9.61. The summed E-state index contributed by atoms with van der Waals surface area (Å²) in [5, 5.41) is 0. The maximum Gasteiger partial charge on any atom is 0.373 e. The lowest BCUT2D eigenvalue weighted by molar-refractivity contribution is -0.363. The van der Waals surface area contributed by atoms with Crippen molar-refractivity contribution in [2.75, 3.05) is 0 Å². The zero-order chi connectivity index (χ0) is 27.4. The molecular weight excluding hydrogens is 480 g/mol. The highest BCUT2D eigenvalue weighted by Gasteiger charge is 2.21. The van der Waals surface area contributed by atoms with E-state index in [1.165, 1.54) is 11.1 Å². The molecule has 0 bridgehead atoms. The fourth-order valence-corrected chi connectivity index (χ4v) is 3.89. The summed E-state index contributed by atoms with van der Waals surface area (Å²) in [5.41, 5.74) is 3.08. The number of unbranched alkanes of at least 4 members (excludes halogenated alkanes) is 8. The predicted molar refractivity (Wildman–Crippen MR) is 149 cm³/mol. The van der Waals surface area contributed by atoms with Crippen molar-refractivity contribution in [3.8, 4) is 0 Å². The van der Waals surface area contributed by atoms with E-state index in [9.17, 15) is 9.59 Å². The van der Waals surface area contributed by atoms with Crippen molar-refractivity contribution in [1.82, 2.24) is 0 Å². The molecule has 6 heteroatoms. The molecule has 0 fully saturated rings. The van der Waals surface area contributed by atoms with Gasteiger partial charge < -0.3 is 0 Å². The molecule has 0 aromatic heterocycles. The van der Waals surface area contributed by atoms with Crippen molar-refractivity contribution >= 4 is 11.9 Å². The molecule has 0 aliphatic heterocycles. The van der Waals surface area contributed by atoms with Crippen LogP contribution in [0.1, 0.15) is 123 Å². The topological polar surface area (TPSA) is 71.1 Å². The molecule has 0 aliphatic rings. The van der Waals surface area contributed by atoms with E-state index in [0.717, 1.165) is 83.5 Å². The molecule has 0 amide bonds. The summed E-state index contributed by atoms with van der Waals surface area (Å²) in [7, 11) is 0. The Bertz CT molecular complexity index is 839. The first-order valence-corrected chi connectivity index (χ1v) is 14.2. The van der Waals surface area contributed by atoms with E-state index in [1.807, 2.05) is 24.3 Å². The van der Waals surface area contributed by atoms with Crippen molar-refractivity contribution in [1.29, 1.82) is 0 Å². The Morgan fingerprint density at radius 2 is 1.00 bits per heavy atom. The van der Waals surface area contributed by atoms with Crippen molar-refractivity contribution in [2.24, 2.45) is 0 Å². The number of hydrogen-bond donors (Lipinski definition) is 0. The van der Waals surface area contributed by atoms with E-state index >= 15 is 0 Å². The third-order valence-corrected chi connectivity index (χ3v) is 6.32. The Hall–Kier alpha value is -2.70. The maximum absolute atomic E-state index is 12.5. The fraction of sp³-hybridized carbons (Fsp3) is 0.500. The van der Waals surface area contributed by atoms with Crippen LogP contribution in [0.4, 0.5) is 0 Å². The molecule has 0 unspecified atom stereocenters. The highest BCUT2D eigenvalue weighted by molar-refractivity contribution is 5.89. The van der Waals surface area contributed by atoms with Gasteiger partial charge in [0.15, 0.2) is 0 Å². The lowest BCUT2D eigenvalue weighted by atomic mass is 10.1. The third kappa shape index (κ3) is 12.7. The summed E-state index contributed by atoms with van der Waals surface area (Å²) in [6, 6.07) is 14.5. The molecule has 0 spiro atoms. The zero-order valence-corrected chi connectivity index (χ0v) is 23.2. The van der Waals surface area contributed by atoms with Gasteiger partial charge in [0.2, 0.25) is 0 Å². The first-order valence-electron chi connectivity index (χ1n) is 14.2. The smallest absolute Gasteiger partial charge is 0.289 e. The van der Waals surface area contributed by atoms with Crippen LogP contribution in [0.5, 0.6) is 0 Å². The average molecular weight is 525 g/mol. The summed E-state index contributed by atoms with van der Waals surface area (Å²) in [5.74, 6) is -1.29. The number of rotatable bonds is 20. The summed E-state index contributed by atoms with van der Waals surface area (Å²) in [6.45, 7) is 8.16. The first kappa shape index (κ1) is 31.5. The first-order chi connectivity index (χ1) is 18.6. The monoisotopic (exact) mass is 524 g/mol. The Balaban J connectivity index is 1.88. The molecule has 6 nitrogen and oxygen atoms in total. The second kappa shape index (κ2) is 19.4. The molecule has 2 aromatic rings. The van der Waals surface area contributed by atoms with Crippen molar-refractivity contribution < 1.29 is 29.1 Å². The van der Waals surface area contributed by atoms with Crippen molar-refractivity contribution in [2.45, 2.75) is 104 Å². The number of carbonyl (C=O) groups is 2. The van der Waals surface area contributed by atoms with Crippen molar-refractivity contribution in [3.63, 3.8) is 0 Å². The van der Waals surface area contributed by atoms with Gasteiger partial charge in [-0.05, 0) is 67.5 Å².